The largest absolute Gasteiger partial charge is 0.496 e. The molecule has 17 heavy (non-hydrogen) atoms. The van der Waals surface area contributed by atoms with E-state index in [4.69, 9.17) is 13.9 Å². The van der Waals surface area contributed by atoms with Gasteiger partial charge in [-0.1, -0.05) is 13.3 Å². The molecular weight excluding hydrogens is 216 g/mol. The Morgan fingerprint density at radius 1 is 1.12 bits per heavy atom. The molecule has 0 saturated carbocycles. The molecule has 0 spiro atoms. The number of benzene rings is 1. The van der Waals surface area contributed by atoms with E-state index in [2.05, 4.69) is 13.0 Å². The lowest BCUT2D eigenvalue weighted by Gasteiger charge is -2.04. The lowest BCUT2D eigenvalue weighted by Crippen LogP contribution is -1.86. The maximum atomic E-state index is 5.80. The number of fused-ring (bicyclic) bond motifs is 1. The molecule has 0 amide bonds. The molecule has 0 aliphatic heterocycles. The van der Waals surface area contributed by atoms with Gasteiger partial charge in [-0.3, -0.25) is 0 Å². The summed E-state index contributed by atoms with van der Waals surface area (Å²) >= 11 is 0. The van der Waals surface area contributed by atoms with Gasteiger partial charge in [-0.15, -0.1) is 0 Å². The second-order valence-corrected chi connectivity index (χ2v) is 4.06. The zero-order chi connectivity index (χ0) is 12.3. The van der Waals surface area contributed by atoms with E-state index in [-0.39, 0.29) is 0 Å². The first-order valence-electron chi connectivity index (χ1n) is 5.93. The van der Waals surface area contributed by atoms with E-state index in [9.17, 15) is 0 Å². The third kappa shape index (κ3) is 2.38. The second-order valence-electron chi connectivity index (χ2n) is 4.06. The maximum absolute atomic E-state index is 5.80. The summed E-state index contributed by atoms with van der Waals surface area (Å²) < 4.78 is 16.4. The molecule has 0 aliphatic rings. The van der Waals surface area contributed by atoms with Crippen LogP contribution in [0.4, 0.5) is 0 Å². The molecule has 0 radical (unpaired) electrons. The predicted octanol–water partition coefficient (Wildman–Crippen LogP) is 3.79. The van der Waals surface area contributed by atoms with Crippen molar-refractivity contribution >= 4 is 11.0 Å². The Balaban J connectivity index is 2.43. The van der Waals surface area contributed by atoms with Gasteiger partial charge in [-0.05, 0) is 12.5 Å². The molecule has 1 heterocycles. The lowest BCUT2D eigenvalue weighted by atomic mass is 10.2. The van der Waals surface area contributed by atoms with Crippen LogP contribution in [0.3, 0.4) is 0 Å². The molecule has 1 aromatic heterocycles. The van der Waals surface area contributed by atoms with E-state index in [1.165, 1.54) is 0 Å². The van der Waals surface area contributed by atoms with Crippen LogP contribution in [0.2, 0.25) is 0 Å². The highest BCUT2D eigenvalue weighted by molar-refractivity contribution is 5.86. The molecule has 1 aromatic carbocycles. The van der Waals surface area contributed by atoms with Gasteiger partial charge in [0.15, 0.2) is 0 Å². The molecule has 0 fully saturated rings. The third-order valence-corrected chi connectivity index (χ3v) is 2.86. The molecule has 0 bridgehead atoms. The Morgan fingerprint density at radius 3 is 2.59 bits per heavy atom. The fourth-order valence-corrected chi connectivity index (χ4v) is 1.90. The van der Waals surface area contributed by atoms with Crippen molar-refractivity contribution < 1.29 is 13.9 Å². The number of furan rings is 1. The van der Waals surface area contributed by atoms with Crippen LogP contribution in [0.15, 0.2) is 22.6 Å². The number of hydrogen-bond acceptors (Lipinski definition) is 3. The molecule has 2 rings (SSSR count). The lowest BCUT2D eigenvalue weighted by molar-refractivity contribution is 0.397. The van der Waals surface area contributed by atoms with Crippen molar-refractivity contribution in [3.05, 3.63) is 24.0 Å². The molecule has 0 unspecified atom stereocenters. The average molecular weight is 234 g/mol. The maximum Gasteiger partial charge on any atom is 0.141 e. The molecule has 0 saturated heterocycles. The minimum Gasteiger partial charge on any atom is -0.496 e. The van der Waals surface area contributed by atoms with E-state index < -0.39 is 0 Å². The molecule has 0 aliphatic carbocycles. The number of hydrogen-bond donors (Lipinski definition) is 0. The predicted molar refractivity (Wildman–Crippen MR) is 67.9 cm³/mol. The second kappa shape index (κ2) is 5.13. The van der Waals surface area contributed by atoms with Crippen LogP contribution in [0.25, 0.3) is 11.0 Å². The van der Waals surface area contributed by atoms with Gasteiger partial charge < -0.3 is 13.9 Å². The molecular formula is C14H18O3. The van der Waals surface area contributed by atoms with Gasteiger partial charge in [-0.25, -0.2) is 0 Å². The van der Waals surface area contributed by atoms with Crippen LogP contribution in [0.1, 0.15) is 25.5 Å². The van der Waals surface area contributed by atoms with Crippen LogP contribution in [0.5, 0.6) is 11.5 Å². The fraction of sp³-hybridized carbons (Fsp3) is 0.429. The standard InChI is InChI=1S/C14H18O3/c1-4-5-6-10-7-12-13(16-3)8-11(15-2)9-14(12)17-10/h7-9H,4-6H2,1-3H3. The van der Waals surface area contributed by atoms with E-state index in [1.54, 1.807) is 14.2 Å². The minimum absolute atomic E-state index is 0.755. The Kier molecular flexibility index (Phi) is 3.57. The Morgan fingerprint density at radius 2 is 1.94 bits per heavy atom. The summed E-state index contributed by atoms with van der Waals surface area (Å²) in [6.07, 6.45) is 3.27. The molecule has 92 valence electrons. The van der Waals surface area contributed by atoms with Crippen molar-refractivity contribution in [2.75, 3.05) is 14.2 Å². The molecule has 2 aromatic rings. The van der Waals surface area contributed by atoms with Crippen molar-refractivity contribution in [3.8, 4) is 11.5 Å². The van der Waals surface area contributed by atoms with Crippen molar-refractivity contribution in [3.63, 3.8) is 0 Å². The van der Waals surface area contributed by atoms with Crippen molar-refractivity contribution in [1.82, 2.24) is 0 Å². The summed E-state index contributed by atoms with van der Waals surface area (Å²) in [5.74, 6) is 2.56. The third-order valence-electron chi connectivity index (χ3n) is 2.86. The van der Waals surface area contributed by atoms with Crippen LogP contribution in [0, 0.1) is 0 Å². The topological polar surface area (TPSA) is 31.6 Å². The summed E-state index contributed by atoms with van der Waals surface area (Å²) in [4.78, 5) is 0. The van der Waals surface area contributed by atoms with E-state index in [1.807, 2.05) is 12.1 Å². The first-order valence-corrected chi connectivity index (χ1v) is 5.93. The van der Waals surface area contributed by atoms with Crippen LogP contribution < -0.4 is 9.47 Å². The van der Waals surface area contributed by atoms with Gasteiger partial charge >= 0.3 is 0 Å². The minimum atomic E-state index is 0.755. The Labute approximate surface area is 101 Å². The summed E-state index contributed by atoms with van der Waals surface area (Å²) in [6, 6.07) is 5.83. The SMILES string of the molecule is CCCCc1cc2c(OC)cc(OC)cc2o1. The van der Waals surface area contributed by atoms with E-state index >= 15 is 0 Å². The molecule has 3 nitrogen and oxygen atoms in total. The first-order chi connectivity index (χ1) is 8.28. The molecule has 0 atom stereocenters. The van der Waals surface area contributed by atoms with Gasteiger partial charge in [0.05, 0.1) is 19.6 Å². The molecule has 0 N–H and O–H groups in total. The highest BCUT2D eigenvalue weighted by Crippen LogP contribution is 2.33. The summed E-state index contributed by atoms with van der Waals surface area (Å²) in [5, 5.41) is 1.01. The van der Waals surface area contributed by atoms with Gasteiger partial charge in [0.2, 0.25) is 0 Å². The first kappa shape index (κ1) is 11.8. The van der Waals surface area contributed by atoms with Gasteiger partial charge in [-0.2, -0.15) is 0 Å². The summed E-state index contributed by atoms with van der Waals surface area (Å²) in [5.41, 5.74) is 0.826. The Bertz CT molecular complexity index is 499. The number of rotatable bonds is 5. The van der Waals surface area contributed by atoms with Crippen molar-refractivity contribution in [1.29, 1.82) is 0 Å². The van der Waals surface area contributed by atoms with Crippen LogP contribution in [-0.4, -0.2) is 14.2 Å². The van der Waals surface area contributed by atoms with Gasteiger partial charge in [0, 0.05) is 18.6 Å². The zero-order valence-electron chi connectivity index (χ0n) is 10.6. The smallest absolute Gasteiger partial charge is 0.141 e. The zero-order valence-corrected chi connectivity index (χ0v) is 10.6. The van der Waals surface area contributed by atoms with Crippen LogP contribution >= 0.6 is 0 Å². The summed E-state index contributed by atoms with van der Waals surface area (Å²) in [7, 11) is 3.30. The fourth-order valence-electron chi connectivity index (χ4n) is 1.90. The van der Waals surface area contributed by atoms with Crippen LogP contribution in [-0.2, 0) is 6.42 Å². The molecule has 3 heteroatoms. The van der Waals surface area contributed by atoms with Crippen molar-refractivity contribution in [2.24, 2.45) is 0 Å². The quantitative estimate of drug-likeness (QED) is 0.788. The normalized spacial score (nSPS) is 10.8. The van der Waals surface area contributed by atoms with Gasteiger partial charge in [0.1, 0.15) is 22.8 Å². The van der Waals surface area contributed by atoms with Gasteiger partial charge in [0.25, 0.3) is 0 Å². The van der Waals surface area contributed by atoms with E-state index in [0.717, 1.165) is 47.5 Å². The number of aryl methyl sites for hydroxylation is 1. The average Bonchev–Trinajstić information content (AvgIpc) is 2.77. The highest BCUT2D eigenvalue weighted by atomic mass is 16.5. The number of unbranched alkanes of at least 4 members (excludes halogenated alkanes) is 1. The van der Waals surface area contributed by atoms with Crippen molar-refractivity contribution in [2.45, 2.75) is 26.2 Å². The monoisotopic (exact) mass is 234 g/mol. The van der Waals surface area contributed by atoms with E-state index in [0.29, 0.717) is 0 Å². The highest BCUT2D eigenvalue weighted by Gasteiger charge is 2.10. The number of methoxy groups -OCH3 is 2. The Hall–Kier alpha value is -1.64. The summed E-state index contributed by atoms with van der Waals surface area (Å²) in [6.45, 7) is 2.17. The number of ether oxygens (including phenoxy) is 2.